The first-order valence-corrected chi connectivity index (χ1v) is 10.4. The standard InChI is InChI=1S/C24H16N4O2S/c25-21(29)16-9-6-10-17(13-16)30-23-20-18(15-7-2-1-3-8-15)14-31-24(20)28-22(27-23)19-11-4-5-12-26-19/h1-14H,(H2,25,29). The second-order valence-electron chi connectivity index (χ2n) is 6.76. The highest BCUT2D eigenvalue weighted by Crippen LogP contribution is 2.40. The molecule has 0 saturated heterocycles. The molecule has 3 heterocycles. The zero-order valence-corrected chi connectivity index (χ0v) is 17.0. The fourth-order valence-electron chi connectivity index (χ4n) is 3.25. The number of primary amides is 1. The highest BCUT2D eigenvalue weighted by atomic mass is 32.1. The number of hydrogen-bond acceptors (Lipinski definition) is 6. The third-order valence-corrected chi connectivity index (χ3v) is 5.58. The number of pyridine rings is 1. The van der Waals surface area contributed by atoms with Crippen LogP contribution >= 0.6 is 11.3 Å². The average Bonchev–Trinajstić information content (AvgIpc) is 3.25. The monoisotopic (exact) mass is 424 g/mol. The van der Waals surface area contributed by atoms with E-state index in [1.807, 2.05) is 53.9 Å². The Labute approximate surface area is 182 Å². The van der Waals surface area contributed by atoms with Crippen molar-refractivity contribution in [3.05, 3.63) is 89.9 Å². The van der Waals surface area contributed by atoms with Crippen LogP contribution in [0, 0.1) is 0 Å². The molecule has 2 aromatic carbocycles. The van der Waals surface area contributed by atoms with Crippen LogP contribution in [-0.2, 0) is 0 Å². The fourth-order valence-corrected chi connectivity index (χ4v) is 4.19. The maximum absolute atomic E-state index is 11.6. The zero-order valence-electron chi connectivity index (χ0n) is 16.2. The summed E-state index contributed by atoms with van der Waals surface area (Å²) < 4.78 is 6.19. The van der Waals surface area contributed by atoms with Crippen LogP contribution in [0.25, 0.3) is 32.9 Å². The van der Waals surface area contributed by atoms with E-state index in [-0.39, 0.29) is 0 Å². The van der Waals surface area contributed by atoms with Gasteiger partial charge in [0.2, 0.25) is 11.8 Å². The highest BCUT2D eigenvalue weighted by molar-refractivity contribution is 7.17. The van der Waals surface area contributed by atoms with Crippen LogP contribution < -0.4 is 10.5 Å². The summed E-state index contributed by atoms with van der Waals surface area (Å²) in [4.78, 5) is 26.2. The SMILES string of the molecule is NC(=O)c1cccc(Oc2nc(-c3ccccn3)nc3scc(-c4ccccc4)c23)c1. The molecule has 0 radical (unpaired) electrons. The number of hydrogen-bond donors (Lipinski definition) is 1. The van der Waals surface area contributed by atoms with E-state index in [1.165, 1.54) is 11.3 Å². The van der Waals surface area contributed by atoms with Crippen molar-refractivity contribution in [1.29, 1.82) is 0 Å². The molecule has 0 aliphatic rings. The summed E-state index contributed by atoms with van der Waals surface area (Å²) >= 11 is 1.52. The molecule has 0 aliphatic carbocycles. The second kappa shape index (κ2) is 7.97. The largest absolute Gasteiger partial charge is 0.438 e. The van der Waals surface area contributed by atoms with Gasteiger partial charge >= 0.3 is 0 Å². The molecule has 1 amide bonds. The van der Waals surface area contributed by atoms with Crippen LogP contribution in [0.3, 0.4) is 0 Å². The summed E-state index contributed by atoms with van der Waals surface area (Å²) in [5.74, 6) is 0.810. The minimum absolute atomic E-state index is 0.362. The summed E-state index contributed by atoms with van der Waals surface area (Å²) in [5, 5.41) is 2.85. The minimum Gasteiger partial charge on any atom is -0.438 e. The molecular weight excluding hydrogens is 408 g/mol. The summed E-state index contributed by atoms with van der Waals surface area (Å²) in [6, 6.07) is 22.3. The number of carbonyl (C=O) groups is 1. The van der Waals surface area contributed by atoms with E-state index in [2.05, 4.69) is 4.98 Å². The van der Waals surface area contributed by atoms with E-state index in [1.54, 1.807) is 30.5 Å². The van der Waals surface area contributed by atoms with Gasteiger partial charge in [0, 0.05) is 22.7 Å². The first kappa shape index (κ1) is 18.9. The summed E-state index contributed by atoms with van der Waals surface area (Å²) in [6.07, 6.45) is 1.70. The third-order valence-electron chi connectivity index (χ3n) is 4.71. The number of benzene rings is 2. The van der Waals surface area contributed by atoms with Gasteiger partial charge in [-0.2, -0.15) is 4.98 Å². The van der Waals surface area contributed by atoms with Crippen molar-refractivity contribution in [3.8, 4) is 34.3 Å². The number of ether oxygens (including phenoxy) is 1. The molecule has 31 heavy (non-hydrogen) atoms. The van der Waals surface area contributed by atoms with Crippen molar-refractivity contribution in [2.75, 3.05) is 0 Å². The molecule has 0 bridgehead atoms. The predicted octanol–water partition coefficient (Wildman–Crippen LogP) is 5.31. The quantitative estimate of drug-likeness (QED) is 0.413. The Morgan fingerprint density at radius 2 is 1.77 bits per heavy atom. The molecule has 0 aliphatic heterocycles. The van der Waals surface area contributed by atoms with Crippen LogP contribution in [0.4, 0.5) is 0 Å². The Morgan fingerprint density at radius 3 is 2.55 bits per heavy atom. The lowest BCUT2D eigenvalue weighted by atomic mass is 10.1. The molecule has 2 N–H and O–H groups in total. The molecule has 3 aromatic heterocycles. The van der Waals surface area contributed by atoms with E-state index in [9.17, 15) is 4.79 Å². The molecule has 0 fully saturated rings. The normalized spacial score (nSPS) is 10.8. The summed E-state index contributed by atoms with van der Waals surface area (Å²) in [6.45, 7) is 0. The van der Waals surface area contributed by atoms with E-state index in [4.69, 9.17) is 20.4 Å². The average molecular weight is 424 g/mol. The van der Waals surface area contributed by atoms with Gasteiger partial charge in [-0.15, -0.1) is 11.3 Å². The van der Waals surface area contributed by atoms with Gasteiger partial charge in [-0.1, -0.05) is 42.5 Å². The van der Waals surface area contributed by atoms with Crippen molar-refractivity contribution < 1.29 is 9.53 Å². The van der Waals surface area contributed by atoms with Gasteiger partial charge in [0.15, 0.2) is 5.82 Å². The molecule has 5 aromatic rings. The van der Waals surface area contributed by atoms with Crippen molar-refractivity contribution in [2.45, 2.75) is 0 Å². The molecule has 0 saturated carbocycles. The number of carbonyl (C=O) groups excluding carboxylic acids is 1. The number of fused-ring (bicyclic) bond motifs is 1. The molecule has 0 atom stereocenters. The Balaban J connectivity index is 1.70. The smallest absolute Gasteiger partial charge is 0.248 e. The van der Waals surface area contributed by atoms with E-state index < -0.39 is 5.91 Å². The Morgan fingerprint density at radius 1 is 0.935 bits per heavy atom. The number of aromatic nitrogens is 3. The van der Waals surface area contributed by atoms with Crippen LogP contribution in [0.5, 0.6) is 11.6 Å². The maximum Gasteiger partial charge on any atom is 0.248 e. The lowest BCUT2D eigenvalue weighted by Gasteiger charge is -2.10. The van der Waals surface area contributed by atoms with Crippen LogP contribution in [0.15, 0.2) is 84.4 Å². The zero-order chi connectivity index (χ0) is 21.2. The number of amides is 1. The third kappa shape index (κ3) is 3.74. The molecule has 7 heteroatoms. The Bertz CT molecular complexity index is 1390. The molecular formula is C24H16N4O2S. The van der Waals surface area contributed by atoms with E-state index in [0.717, 1.165) is 21.3 Å². The molecule has 5 rings (SSSR count). The lowest BCUT2D eigenvalue weighted by molar-refractivity contribution is 0.1000. The van der Waals surface area contributed by atoms with E-state index >= 15 is 0 Å². The predicted molar refractivity (Wildman–Crippen MR) is 121 cm³/mol. The van der Waals surface area contributed by atoms with Gasteiger partial charge in [0.05, 0.1) is 5.39 Å². The van der Waals surface area contributed by atoms with Gasteiger partial charge in [0.1, 0.15) is 16.3 Å². The van der Waals surface area contributed by atoms with Crippen LogP contribution in [0.2, 0.25) is 0 Å². The van der Waals surface area contributed by atoms with Crippen LogP contribution in [0.1, 0.15) is 10.4 Å². The Hall–Kier alpha value is -4.10. The topological polar surface area (TPSA) is 91.0 Å². The molecule has 0 unspecified atom stereocenters. The van der Waals surface area contributed by atoms with Crippen molar-refractivity contribution in [1.82, 2.24) is 15.0 Å². The van der Waals surface area contributed by atoms with Gasteiger partial charge in [-0.3, -0.25) is 9.78 Å². The maximum atomic E-state index is 11.6. The number of thiophene rings is 1. The number of nitrogens with zero attached hydrogens (tertiary/aromatic N) is 3. The van der Waals surface area contributed by atoms with Crippen molar-refractivity contribution in [3.63, 3.8) is 0 Å². The molecule has 6 nitrogen and oxygen atoms in total. The van der Waals surface area contributed by atoms with Gasteiger partial charge in [-0.05, 0) is 35.9 Å². The first-order valence-electron chi connectivity index (χ1n) is 9.53. The Kier molecular flexibility index (Phi) is 4.86. The van der Waals surface area contributed by atoms with Crippen LogP contribution in [-0.4, -0.2) is 20.9 Å². The first-order chi connectivity index (χ1) is 15.2. The second-order valence-corrected chi connectivity index (χ2v) is 7.62. The van der Waals surface area contributed by atoms with Gasteiger partial charge < -0.3 is 10.5 Å². The van der Waals surface area contributed by atoms with Gasteiger partial charge in [0.25, 0.3) is 0 Å². The molecule has 0 spiro atoms. The fraction of sp³-hybridized carbons (Fsp3) is 0. The molecule has 150 valence electrons. The van der Waals surface area contributed by atoms with Gasteiger partial charge in [-0.25, -0.2) is 4.98 Å². The highest BCUT2D eigenvalue weighted by Gasteiger charge is 2.18. The number of rotatable bonds is 5. The number of nitrogens with two attached hydrogens (primary N) is 1. The van der Waals surface area contributed by atoms with Crippen molar-refractivity contribution in [2.24, 2.45) is 5.73 Å². The summed E-state index contributed by atoms with van der Waals surface area (Å²) in [7, 11) is 0. The lowest BCUT2D eigenvalue weighted by Crippen LogP contribution is -2.10. The minimum atomic E-state index is -0.520. The van der Waals surface area contributed by atoms with Crippen molar-refractivity contribution >= 4 is 27.5 Å². The summed E-state index contributed by atoms with van der Waals surface area (Å²) in [5.41, 5.74) is 8.46. The van der Waals surface area contributed by atoms with E-state index in [0.29, 0.717) is 28.7 Å².